The largest absolute Gasteiger partial charge is 0.467 e. The van der Waals surface area contributed by atoms with Crippen molar-refractivity contribution in [1.82, 2.24) is 0 Å². The van der Waals surface area contributed by atoms with Crippen LogP contribution in [-0.2, 0) is 14.3 Å². The molecule has 0 amide bonds. The van der Waals surface area contributed by atoms with Crippen molar-refractivity contribution in [3.63, 3.8) is 0 Å². The second-order valence-electron chi connectivity index (χ2n) is 5.28. The average molecular weight is 342 g/mol. The van der Waals surface area contributed by atoms with Crippen LogP contribution in [0.4, 0.5) is 0 Å². The molecule has 1 aliphatic rings. The van der Waals surface area contributed by atoms with E-state index in [0.29, 0.717) is 22.8 Å². The van der Waals surface area contributed by atoms with E-state index in [-0.39, 0.29) is 19.6 Å². The highest BCUT2D eigenvalue weighted by atomic mass is 16.7. The number of ether oxygens (including phenoxy) is 5. The fourth-order valence-electron chi connectivity index (χ4n) is 2.44. The molecule has 6 heteroatoms. The lowest BCUT2D eigenvalue weighted by Crippen LogP contribution is -2.03. The minimum atomic E-state index is -0.385. The summed E-state index contributed by atoms with van der Waals surface area (Å²) in [5, 5.41) is 0. The Morgan fingerprint density at radius 2 is 1.60 bits per heavy atom. The summed E-state index contributed by atoms with van der Waals surface area (Å²) < 4.78 is 26.1. The molecule has 0 saturated heterocycles. The lowest BCUT2D eigenvalue weighted by Gasteiger charge is -2.10. The van der Waals surface area contributed by atoms with Gasteiger partial charge in [-0.2, -0.15) is 0 Å². The summed E-state index contributed by atoms with van der Waals surface area (Å²) in [5.41, 5.74) is 1.98. The molecule has 0 radical (unpaired) electrons. The number of benzene rings is 2. The highest BCUT2D eigenvalue weighted by molar-refractivity contribution is 6.25. The van der Waals surface area contributed by atoms with E-state index in [1.807, 2.05) is 18.2 Å². The molecule has 0 atom stereocenters. The summed E-state index contributed by atoms with van der Waals surface area (Å²) in [7, 11) is 3.08. The lowest BCUT2D eigenvalue weighted by molar-refractivity contribution is -0.126. The smallest absolute Gasteiger partial charge is 0.344 e. The number of esters is 1. The maximum Gasteiger partial charge on any atom is 0.344 e. The van der Waals surface area contributed by atoms with Gasteiger partial charge in [-0.1, -0.05) is 18.2 Å². The monoisotopic (exact) mass is 342 g/mol. The molecule has 0 aromatic heterocycles. The molecule has 2 aromatic carbocycles. The lowest BCUT2D eigenvalue weighted by atomic mass is 10.0. The van der Waals surface area contributed by atoms with Crippen molar-refractivity contribution >= 4 is 17.6 Å². The van der Waals surface area contributed by atoms with Crippen molar-refractivity contribution < 1.29 is 28.5 Å². The third kappa shape index (κ3) is 3.99. The second kappa shape index (κ2) is 7.83. The molecule has 0 N–H and O–H groups in total. The quantitative estimate of drug-likeness (QED) is 0.333. The van der Waals surface area contributed by atoms with Gasteiger partial charge >= 0.3 is 5.97 Å². The topological polar surface area (TPSA) is 63.2 Å². The minimum absolute atomic E-state index is 0.106. The number of fused-ring (bicyclic) bond motifs is 1. The van der Waals surface area contributed by atoms with Crippen LogP contribution in [0, 0.1) is 0 Å². The minimum Gasteiger partial charge on any atom is -0.467 e. The summed E-state index contributed by atoms with van der Waals surface area (Å²) in [4.78, 5) is 12.2. The van der Waals surface area contributed by atoms with Gasteiger partial charge in [0.2, 0.25) is 0 Å². The molecule has 0 bridgehead atoms. The summed E-state index contributed by atoms with van der Waals surface area (Å²) in [6, 6.07) is 12.6. The highest BCUT2D eigenvalue weighted by Crippen LogP contribution is 2.36. The predicted molar refractivity (Wildman–Crippen MR) is 91.4 cm³/mol. The predicted octanol–water partition coefficient (Wildman–Crippen LogP) is 3.11. The van der Waals surface area contributed by atoms with Crippen LogP contribution in [0.25, 0.3) is 11.6 Å². The molecule has 25 heavy (non-hydrogen) atoms. The SMILES string of the molecule is COCOc1cc(C=C2C(=O)Oc3ccccc32)cc(OCOC)c1. The molecule has 1 aliphatic heterocycles. The van der Waals surface area contributed by atoms with E-state index in [2.05, 4.69) is 0 Å². The molecule has 0 saturated carbocycles. The Kier molecular flexibility index (Phi) is 5.33. The first-order valence-corrected chi connectivity index (χ1v) is 7.63. The molecule has 0 aliphatic carbocycles. The third-order valence-electron chi connectivity index (χ3n) is 3.50. The number of rotatable bonds is 7. The van der Waals surface area contributed by atoms with Gasteiger partial charge in [-0.15, -0.1) is 0 Å². The Hall–Kier alpha value is -2.83. The van der Waals surface area contributed by atoms with Crippen LogP contribution < -0.4 is 14.2 Å². The van der Waals surface area contributed by atoms with Crippen LogP contribution in [0.1, 0.15) is 11.1 Å². The first kappa shape index (κ1) is 17.0. The van der Waals surface area contributed by atoms with Crippen LogP contribution in [-0.4, -0.2) is 33.8 Å². The van der Waals surface area contributed by atoms with Gasteiger partial charge in [0, 0.05) is 25.8 Å². The molecule has 0 unspecified atom stereocenters. The Morgan fingerprint density at radius 3 is 2.24 bits per heavy atom. The Bertz CT molecular complexity index is 770. The zero-order valence-electron chi connectivity index (χ0n) is 14.0. The van der Waals surface area contributed by atoms with Crippen molar-refractivity contribution in [2.45, 2.75) is 0 Å². The molecule has 6 nitrogen and oxygen atoms in total. The Morgan fingerprint density at radius 1 is 0.960 bits per heavy atom. The van der Waals surface area contributed by atoms with E-state index >= 15 is 0 Å². The van der Waals surface area contributed by atoms with Crippen molar-refractivity contribution in [3.8, 4) is 17.2 Å². The molecule has 130 valence electrons. The molecule has 3 rings (SSSR count). The van der Waals surface area contributed by atoms with Gasteiger partial charge in [-0.3, -0.25) is 0 Å². The molecular formula is C19H18O6. The Balaban J connectivity index is 1.96. The van der Waals surface area contributed by atoms with Crippen LogP contribution >= 0.6 is 0 Å². The summed E-state index contributed by atoms with van der Waals surface area (Å²) in [5.74, 6) is 1.29. The number of hydrogen-bond donors (Lipinski definition) is 0. The average Bonchev–Trinajstić information content (AvgIpc) is 2.94. The van der Waals surface area contributed by atoms with E-state index < -0.39 is 0 Å². The van der Waals surface area contributed by atoms with Gasteiger partial charge in [0.25, 0.3) is 0 Å². The van der Waals surface area contributed by atoms with Gasteiger partial charge in [-0.05, 0) is 29.8 Å². The van der Waals surface area contributed by atoms with E-state index in [4.69, 9.17) is 23.7 Å². The zero-order chi connectivity index (χ0) is 17.6. The van der Waals surface area contributed by atoms with Crippen molar-refractivity contribution in [2.75, 3.05) is 27.8 Å². The van der Waals surface area contributed by atoms with Crippen molar-refractivity contribution in [3.05, 3.63) is 53.6 Å². The summed E-state index contributed by atoms with van der Waals surface area (Å²) in [6.07, 6.45) is 1.74. The number of carbonyl (C=O) groups excluding carboxylic acids is 1. The molecule has 0 fully saturated rings. The first-order valence-electron chi connectivity index (χ1n) is 7.63. The number of hydrogen-bond acceptors (Lipinski definition) is 6. The number of methoxy groups -OCH3 is 2. The molecule has 0 spiro atoms. The van der Waals surface area contributed by atoms with Gasteiger partial charge in [-0.25, -0.2) is 4.79 Å². The van der Waals surface area contributed by atoms with Crippen molar-refractivity contribution in [1.29, 1.82) is 0 Å². The fraction of sp³-hybridized carbons (Fsp3) is 0.211. The van der Waals surface area contributed by atoms with E-state index in [9.17, 15) is 4.79 Å². The van der Waals surface area contributed by atoms with Crippen LogP contribution in [0.5, 0.6) is 17.2 Å². The first-order chi connectivity index (χ1) is 12.2. The van der Waals surface area contributed by atoms with Gasteiger partial charge in [0.1, 0.15) is 17.2 Å². The van der Waals surface area contributed by atoms with E-state index in [1.54, 1.807) is 44.6 Å². The molecule has 2 aromatic rings. The Labute approximate surface area is 145 Å². The molecular weight excluding hydrogens is 324 g/mol. The van der Waals surface area contributed by atoms with Crippen LogP contribution in [0.15, 0.2) is 42.5 Å². The van der Waals surface area contributed by atoms with E-state index in [1.165, 1.54) is 0 Å². The second-order valence-corrected chi connectivity index (χ2v) is 5.28. The maximum atomic E-state index is 12.2. The maximum absolute atomic E-state index is 12.2. The van der Waals surface area contributed by atoms with Crippen molar-refractivity contribution in [2.24, 2.45) is 0 Å². The zero-order valence-corrected chi connectivity index (χ0v) is 14.0. The third-order valence-corrected chi connectivity index (χ3v) is 3.50. The standard InChI is InChI=1S/C19H18O6/c1-21-11-23-14-7-13(8-15(10-14)24-12-22-2)9-17-16-5-3-4-6-18(16)25-19(17)20/h3-10H,11-12H2,1-2H3. The highest BCUT2D eigenvalue weighted by Gasteiger charge is 2.26. The van der Waals surface area contributed by atoms with Gasteiger partial charge < -0.3 is 23.7 Å². The van der Waals surface area contributed by atoms with Gasteiger partial charge in [0.15, 0.2) is 13.6 Å². The van der Waals surface area contributed by atoms with Crippen LogP contribution in [0.3, 0.4) is 0 Å². The number of carbonyl (C=O) groups is 1. The number of para-hydroxylation sites is 1. The normalized spacial score (nSPS) is 14.3. The van der Waals surface area contributed by atoms with E-state index in [0.717, 1.165) is 11.1 Å². The van der Waals surface area contributed by atoms with Gasteiger partial charge in [0.05, 0.1) is 5.57 Å². The molecule has 1 heterocycles. The van der Waals surface area contributed by atoms with Crippen LogP contribution in [0.2, 0.25) is 0 Å². The summed E-state index contributed by atoms with van der Waals surface area (Å²) in [6.45, 7) is 0.212. The summed E-state index contributed by atoms with van der Waals surface area (Å²) >= 11 is 0. The fourth-order valence-corrected chi connectivity index (χ4v) is 2.44.